The summed E-state index contributed by atoms with van der Waals surface area (Å²) in [7, 11) is 0. The maximum atomic E-state index is 13.2. The molecule has 0 spiro atoms. The van der Waals surface area contributed by atoms with Crippen molar-refractivity contribution in [1.29, 1.82) is 0 Å². The summed E-state index contributed by atoms with van der Waals surface area (Å²) in [5.41, 5.74) is 13.6. The summed E-state index contributed by atoms with van der Waals surface area (Å²) in [6.07, 6.45) is 4.74. The molecule has 480 valence electrons. The summed E-state index contributed by atoms with van der Waals surface area (Å²) in [5.74, 6) is -0.0104. The Morgan fingerprint density at radius 1 is 0.391 bits per heavy atom. The number of allylic oxidation sites excluding steroid dienone is 2. The summed E-state index contributed by atoms with van der Waals surface area (Å²) >= 11 is 0. The van der Waals surface area contributed by atoms with Gasteiger partial charge in [-0.05, 0) is 153 Å². The zero-order chi connectivity index (χ0) is 67.1. The maximum absolute atomic E-state index is 13.2. The molecule has 0 saturated carbocycles. The third-order valence-electron chi connectivity index (χ3n) is 18.3. The van der Waals surface area contributed by atoms with Crippen LogP contribution in [0.4, 0.5) is 0 Å². The van der Waals surface area contributed by atoms with Crippen LogP contribution in [0.25, 0.3) is 43.6 Å². The monoisotopic (exact) mass is 1250 g/mol. The minimum atomic E-state index is -1.14. The average molecular weight is 1250 g/mol. The molecule has 4 atom stereocenters. The van der Waals surface area contributed by atoms with Gasteiger partial charge in [-0.25, -0.2) is 19.9 Å². The van der Waals surface area contributed by atoms with Crippen LogP contribution in [0.2, 0.25) is 0 Å². The molecule has 4 saturated heterocycles. The van der Waals surface area contributed by atoms with Crippen LogP contribution < -0.4 is 55.0 Å². The molecule has 0 aliphatic carbocycles. The number of carbonyl (C=O) groups is 6. The predicted octanol–water partition coefficient (Wildman–Crippen LogP) is 5.44. The molecule has 24 nitrogen and oxygen atoms in total. The molecule has 92 heavy (non-hydrogen) atoms. The molecule has 0 radical (unpaired) electrons. The Balaban J connectivity index is 0.000000145. The van der Waals surface area contributed by atoms with Crippen LogP contribution in [0.3, 0.4) is 0 Å². The van der Waals surface area contributed by atoms with Gasteiger partial charge in [0, 0.05) is 37.3 Å². The first-order valence-corrected chi connectivity index (χ1v) is 30.7. The smallest absolute Gasteiger partial charge is 0.262 e. The Morgan fingerprint density at radius 2 is 0.630 bits per heavy atom. The van der Waals surface area contributed by atoms with Crippen molar-refractivity contribution in [1.82, 2.24) is 59.5 Å². The standard InChI is InChI=1S/C18H21N3O2.C17H20N4O2.C17H19N3O3.C16H18N4O3/c1-5-13-7-6-8-14-15(13)16(22)21(12(3)20-14)18(4)10-9-11(2)19-17(18)23;1-10-7-8-17(3,16(23)19-10)21-11(2)20-13-6-4-5-12(9-18)14(13)15(21)22;1-4-11-6-5-7-12-14(11)15(22)20(10(2)18-12)17(3)9-8-13(21)19-16(17)23;1-9-18-11-5-3-4-10(8-17)13(11)14(22)20(9)16(2)7-6-12(21)19-15(16)23/h6-8H,2,5,9-10H2,1,3-4H3,(H,19,23);4-6H,1,7-9,18H2,2-3H3,(H,19,23);5-7H,4,8-9H2,1-3H3,(H,19,21,23);3-5H,6-8,17H2,1-2H3,(H,19,21,23)/t18-;2*17-;16-/m0011/s1. The van der Waals surface area contributed by atoms with Crippen LogP contribution >= 0.6 is 0 Å². The predicted molar refractivity (Wildman–Crippen MR) is 350 cm³/mol. The van der Waals surface area contributed by atoms with E-state index in [9.17, 15) is 47.9 Å². The minimum absolute atomic E-state index is 0.143. The van der Waals surface area contributed by atoms with Crippen LogP contribution in [0.5, 0.6) is 0 Å². The van der Waals surface area contributed by atoms with Crippen molar-refractivity contribution < 1.29 is 28.8 Å². The van der Waals surface area contributed by atoms with Crippen LogP contribution in [-0.2, 0) is 76.9 Å². The number of hydrogen-bond acceptors (Lipinski definition) is 16. The SMILES string of the molecule is C=C1CC[C@](C)(n2c(C)nc3cccc(CC)c3c2=O)C(=O)N1.C=C1CC[C@](C)(n2c(C)nc3cccc(CN)c3c2=O)C(=O)N1.CCc1cccc2nc(C)n([C@]3(C)CCC(=O)NC3=O)c(=O)c12.Cc1nc2cccc(CN)c2c(=O)n1[C@]1(C)CCC(=O)NC1=O. The lowest BCUT2D eigenvalue weighted by molar-refractivity contribution is -0.141. The fourth-order valence-electron chi connectivity index (χ4n) is 13.1. The third kappa shape index (κ3) is 11.8. The normalized spacial score (nSPS) is 21.5. The van der Waals surface area contributed by atoms with Gasteiger partial charge in [0.2, 0.25) is 23.6 Å². The van der Waals surface area contributed by atoms with Crippen molar-refractivity contribution in [2.45, 2.75) is 169 Å². The molecule has 8 aromatic rings. The number of aromatic nitrogens is 8. The first-order valence-electron chi connectivity index (χ1n) is 30.7. The van der Waals surface area contributed by atoms with Gasteiger partial charge in [-0.3, -0.25) is 76.8 Å². The highest BCUT2D eigenvalue weighted by molar-refractivity contribution is 6.02. The Bertz CT molecular complexity index is 4130. The molecule has 4 aromatic carbocycles. The Kier molecular flexibility index (Phi) is 18.6. The first-order chi connectivity index (χ1) is 43.5. The molecule has 4 fully saturated rings. The molecule has 4 aliphatic heterocycles. The van der Waals surface area contributed by atoms with E-state index in [4.69, 9.17) is 11.5 Å². The molecule has 4 aromatic heterocycles. The zero-order valence-corrected chi connectivity index (χ0v) is 53.6. The lowest BCUT2D eigenvalue weighted by atomic mass is 9.89. The highest BCUT2D eigenvalue weighted by atomic mass is 16.2. The van der Waals surface area contributed by atoms with Gasteiger partial charge < -0.3 is 22.1 Å². The quantitative estimate of drug-likeness (QED) is 0.103. The van der Waals surface area contributed by atoms with Gasteiger partial charge in [0.25, 0.3) is 34.1 Å². The van der Waals surface area contributed by atoms with Crippen molar-refractivity contribution in [3.63, 3.8) is 0 Å². The van der Waals surface area contributed by atoms with Crippen molar-refractivity contribution >= 4 is 79.1 Å². The average Bonchev–Trinajstić information content (AvgIpc) is 0.790. The third-order valence-corrected chi connectivity index (χ3v) is 18.3. The highest BCUT2D eigenvalue weighted by Gasteiger charge is 2.45. The number of rotatable bonds is 8. The number of nitrogens with two attached hydrogens (primary N) is 2. The van der Waals surface area contributed by atoms with Gasteiger partial charge in [-0.15, -0.1) is 0 Å². The number of nitrogens with one attached hydrogen (secondary N) is 4. The first kappa shape index (κ1) is 66.5. The number of hydrogen-bond donors (Lipinski definition) is 6. The summed E-state index contributed by atoms with van der Waals surface area (Å²) in [4.78, 5) is 143. The lowest BCUT2D eigenvalue weighted by Gasteiger charge is -2.36. The van der Waals surface area contributed by atoms with Gasteiger partial charge in [0.1, 0.15) is 45.5 Å². The number of fused-ring (bicyclic) bond motifs is 4. The molecule has 8 N–H and O–H groups in total. The molecule has 4 aliphatic rings. The van der Waals surface area contributed by atoms with Gasteiger partial charge in [0.15, 0.2) is 0 Å². The summed E-state index contributed by atoms with van der Waals surface area (Å²) < 4.78 is 5.87. The van der Waals surface area contributed by atoms with Crippen LogP contribution in [0.15, 0.2) is 117 Å². The number of amides is 6. The van der Waals surface area contributed by atoms with Gasteiger partial charge in [-0.1, -0.05) is 75.5 Å². The number of benzene rings is 4. The molecular formula is C68H78N14O10. The summed E-state index contributed by atoms with van der Waals surface area (Å²) in [5, 5.41) is 12.2. The second-order valence-electron chi connectivity index (χ2n) is 24.5. The largest absolute Gasteiger partial charge is 0.328 e. The van der Waals surface area contributed by atoms with E-state index >= 15 is 0 Å². The number of nitrogens with zero attached hydrogens (tertiary/aromatic N) is 8. The molecule has 6 amide bonds. The van der Waals surface area contributed by atoms with E-state index in [1.165, 1.54) is 13.7 Å². The van der Waals surface area contributed by atoms with Crippen LogP contribution in [0.1, 0.15) is 138 Å². The molecule has 12 rings (SSSR count). The Morgan fingerprint density at radius 3 is 0.870 bits per heavy atom. The fourth-order valence-corrected chi connectivity index (χ4v) is 13.1. The molecule has 24 heteroatoms. The van der Waals surface area contributed by atoms with Crippen molar-refractivity contribution in [2.24, 2.45) is 11.5 Å². The van der Waals surface area contributed by atoms with E-state index < -0.39 is 34.0 Å². The Hall–Kier alpha value is -9.94. The van der Waals surface area contributed by atoms with E-state index in [1.807, 2.05) is 56.3 Å². The Labute approximate surface area is 529 Å². The van der Waals surface area contributed by atoms with Crippen molar-refractivity contribution in [3.8, 4) is 0 Å². The van der Waals surface area contributed by atoms with Gasteiger partial charge >= 0.3 is 0 Å². The van der Waals surface area contributed by atoms with Crippen LogP contribution in [0, 0.1) is 27.7 Å². The second kappa shape index (κ2) is 25.7. The highest BCUT2D eigenvalue weighted by Crippen LogP contribution is 2.33. The number of carbonyl (C=O) groups excluding carboxylic acids is 6. The molecule has 8 heterocycles. The minimum Gasteiger partial charge on any atom is -0.328 e. The summed E-state index contributed by atoms with van der Waals surface area (Å²) in [6, 6.07) is 22.1. The number of piperidine rings is 4. The van der Waals surface area contributed by atoms with E-state index in [0.29, 0.717) is 122 Å². The zero-order valence-electron chi connectivity index (χ0n) is 53.6. The maximum Gasteiger partial charge on any atom is 0.262 e. The molecular weight excluding hydrogens is 1170 g/mol. The number of imide groups is 2. The van der Waals surface area contributed by atoms with Crippen molar-refractivity contribution in [3.05, 3.63) is 184 Å². The van der Waals surface area contributed by atoms with E-state index in [1.54, 1.807) is 90.3 Å². The van der Waals surface area contributed by atoms with Crippen LogP contribution in [-0.4, -0.2) is 73.6 Å². The van der Waals surface area contributed by atoms with E-state index in [-0.39, 0.29) is 78.2 Å². The van der Waals surface area contributed by atoms with Gasteiger partial charge in [0.05, 0.1) is 43.6 Å². The van der Waals surface area contributed by atoms with Crippen molar-refractivity contribution in [2.75, 3.05) is 0 Å². The topological polar surface area (TPSA) is 342 Å². The number of aryl methyl sites for hydroxylation is 6. The second-order valence-corrected chi connectivity index (χ2v) is 24.5. The van der Waals surface area contributed by atoms with E-state index in [2.05, 4.69) is 54.4 Å². The van der Waals surface area contributed by atoms with E-state index in [0.717, 1.165) is 23.1 Å². The lowest BCUT2D eigenvalue weighted by Crippen LogP contribution is -2.56. The van der Waals surface area contributed by atoms with Gasteiger partial charge in [-0.2, -0.15) is 0 Å². The fraction of sp³-hybridized carbons (Fsp3) is 0.382. The summed E-state index contributed by atoms with van der Waals surface area (Å²) in [6.45, 7) is 25.9. The molecule has 0 bridgehead atoms. The molecule has 0 unspecified atom stereocenters.